The molecule has 0 atom stereocenters. The Morgan fingerprint density at radius 2 is 2.06 bits per heavy atom. The van der Waals surface area contributed by atoms with Crippen LogP contribution in [0.1, 0.15) is 48.5 Å². The van der Waals surface area contributed by atoms with Gasteiger partial charge < -0.3 is 4.74 Å². The molecular weight excluding hydrogens is 292 g/mol. The summed E-state index contributed by atoms with van der Waals surface area (Å²) in [5.41, 5.74) is 1.76. The molecule has 1 heterocycles. The first-order valence-corrected chi connectivity index (χ1v) is 7.39. The molecule has 1 saturated carbocycles. The fraction of sp³-hybridized carbons (Fsp3) is 0.533. The molecule has 1 fully saturated rings. The quantitative estimate of drug-likeness (QED) is 0.767. The van der Waals surface area contributed by atoms with Crippen LogP contribution in [0.25, 0.3) is 0 Å². The molecule has 0 saturated heterocycles. The number of ether oxygens (including phenoxy) is 1. The van der Waals surface area contributed by atoms with Gasteiger partial charge in [0.25, 0.3) is 0 Å². The van der Waals surface area contributed by atoms with Crippen molar-refractivity contribution in [2.24, 2.45) is 5.41 Å². The number of Topliss-reactive ketones (excluding diaryl/α,β-unsaturated/α-hetero) is 1. The van der Waals surface area contributed by atoms with Crippen molar-refractivity contribution < 1.29 is 9.53 Å². The van der Waals surface area contributed by atoms with Gasteiger partial charge in [-0.25, -0.2) is 0 Å². The smallest absolute Gasteiger partial charge is 0.172 e. The number of hydrogen-bond acceptors (Lipinski definition) is 2. The van der Waals surface area contributed by atoms with Crippen LogP contribution in [0.2, 0.25) is 0 Å². The average molecular weight is 309 g/mol. The zero-order valence-corrected chi connectivity index (χ0v) is 12.2. The monoisotopic (exact) mass is 308 g/mol. The summed E-state index contributed by atoms with van der Waals surface area (Å²) in [5.74, 6) is 1.09. The van der Waals surface area contributed by atoms with Crippen molar-refractivity contribution in [2.45, 2.75) is 39.0 Å². The standard InChI is InChI=1S/C15H17BrO2/c1-15(5-2-3-6-15)14(17)12-9-11(16)8-10-4-7-18-13(10)12/h8-9H,2-7H2,1H3. The van der Waals surface area contributed by atoms with Crippen LogP contribution in [0, 0.1) is 5.41 Å². The van der Waals surface area contributed by atoms with Crippen LogP contribution in [-0.2, 0) is 6.42 Å². The summed E-state index contributed by atoms with van der Waals surface area (Å²) in [7, 11) is 0. The molecule has 0 aromatic heterocycles. The average Bonchev–Trinajstić information content (AvgIpc) is 2.96. The van der Waals surface area contributed by atoms with E-state index >= 15 is 0 Å². The lowest BCUT2D eigenvalue weighted by Gasteiger charge is -2.23. The van der Waals surface area contributed by atoms with Crippen molar-refractivity contribution in [1.29, 1.82) is 0 Å². The second-order valence-electron chi connectivity index (χ2n) is 5.64. The van der Waals surface area contributed by atoms with Gasteiger partial charge >= 0.3 is 0 Å². The molecular formula is C15H17BrO2. The SMILES string of the molecule is CC1(C(=O)c2cc(Br)cc3c2OCC3)CCCC1. The minimum absolute atomic E-state index is 0.180. The number of benzene rings is 1. The predicted octanol–water partition coefficient (Wildman–Crippen LogP) is 4.15. The van der Waals surface area contributed by atoms with Crippen LogP contribution >= 0.6 is 15.9 Å². The van der Waals surface area contributed by atoms with Gasteiger partial charge in [-0.15, -0.1) is 0 Å². The summed E-state index contributed by atoms with van der Waals surface area (Å²) < 4.78 is 6.65. The van der Waals surface area contributed by atoms with Gasteiger partial charge in [-0.05, 0) is 30.5 Å². The Kier molecular flexibility index (Phi) is 2.97. The lowest BCUT2D eigenvalue weighted by atomic mass is 9.80. The Hall–Kier alpha value is -0.830. The molecule has 1 aromatic rings. The normalized spacial score (nSPS) is 20.6. The van der Waals surface area contributed by atoms with Gasteiger partial charge in [0.2, 0.25) is 0 Å². The molecule has 2 aliphatic rings. The molecule has 1 aliphatic heterocycles. The number of carbonyl (C=O) groups is 1. The molecule has 18 heavy (non-hydrogen) atoms. The van der Waals surface area contributed by atoms with Crippen LogP contribution in [0.4, 0.5) is 0 Å². The molecule has 0 unspecified atom stereocenters. The van der Waals surface area contributed by atoms with Crippen molar-refractivity contribution in [3.63, 3.8) is 0 Å². The topological polar surface area (TPSA) is 26.3 Å². The molecule has 0 radical (unpaired) electrons. The first-order valence-electron chi connectivity index (χ1n) is 6.60. The van der Waals surface area contributed by atoms with Crippen LogP contribution in [0.3, 0.4) is 0 Å². The van der Waals surface area contributed by atoms with Crippen LogP contribution in [-0.4, -0.2) is 12.4 Å². The summed E-state index contributed by atoms with van der Waals surface area (Å²) >= 11 is 3.50. The maximum atomic E-state index is 12.8. The van der Waals surface area contributed by atoms with Crippen molar-refractivity contribution in [3.8, 4) is 5.75 Å². The van der Waals surface area contributed by atoms with E-state index in [-0.39, 0.29) is 11.2 Å². The van der Waals surface area contributed by atoms with Crippen molar-refractivity contribution in [2.75, 3.05) is 6.61 Å². The third-order valence-corrected chi connectivity index (χ3v) is 4.71. The maximum Gasteiger partial charge on any atom is 0.172 e. The molecule has 2 nitrogen and oxygen atoms in total. The summed E-state index contributed by atoms with van der Waals surface area (Å²) in [6, 6.07) is 3.99. The molecule has 1 aliphatic carbocycles. The second-order valence-corrected chi connectivity index (χ2v) is 6.55. The molecule has 3 heteroatoms. The highest BCUT2D eigenvalue weighted by atomic mass is 79.9. The predicted molar refractivity (Wildman–Crippen MR) is 74.2 cm³/mol. The van der Waals surface area contributed by atoms with Gasteiger partial charge in [0.1, 0.15) is 5.75 Å². The van der Waals surface area contributed by atoms with E-state index in [1.165, 1.54) is 12.8 Å². The van der Waals surface area contributed by atoms with E-state index in [1.54, 1.807) is 0 Å². The zero-order valence-electron chi connectivity index (χ0n) is 10.6. The first-order chi connectivity index (χ1) is 8.60. The number of ketones is 1. The van der Waals surface area contributed by atoms with Crippen molar-refractivity contribution >= 4 is 21.7 Å². The Bertz CT molecular complexity index is 501. The van der Waals surface area contributed by atoms with Crippen molar-refractivity contribution in [1.82, 2.24) is 0 Å². The van der Waals surface area contributed by atoms with Crippen LogP contribution in [0.5, 0.6) is 5.75 Å². The third kappa shape index (κ3) is 1.89. The third-order valence-electron chi connectivity index (χ3n) is 4.25. The number of hydrogen-bond donors (Lipinski definition) is 0. The zero-order chi connectivity index (χ0) is 12.8. The molecule has 0 spiro atoms. The molecule has 96 valence electrons. The fourth-order valence-corrected chi connectivity index (χ4v) is 3.65. The van der Waals surface area contributed by atoms with Gasteiger partial charge in [0.15, 0.2) is 5.78 Å². The summed E-state index contributed by atoms with van der Waals surface area (Å²) in [6.07, 6.45) is 5.25. The summed E-state index contributed by atoms with van der Waals surface area (Å²) in [4.78, 5) is 12.8. The minimum atomic E-state index is -0.180. The molecule has 0 amide bonds. The Morgan fingerprint density at radius 1 is 1.33 bits per heavy atom. The Labute approximate surface area is 116 Å². The van der Waals surface area contributed by atoms with Crippen molar-refractivity contribution in [3.05, 3.63) is 27.7 Å². The van der Waals surface area contributed by atoms with Crippen LogP contribution in [0.15, 0.2) is 16.6 Å². The number of carbonyl (C=O) groups excluding carboxylic acids is 1. The number of halogens is 1. The Balaban J connectivity index is 2.04. The summed E-state index contributed by atoms with van der Waals surface area (Å²) in [5, 5.41) is 0. The Morgan fingerprint density at radius 3 is 2.78 bits per heavy atom. The van der Waals surface area contributed by atoms with E-state index in [0.29, 0.717) is 6.61 Å². The number of fused-ring (bicyclic) bond motifs is 1. The van der Waals surface area contributed by atoms with Crippen LogP contribution < -0.4 is 4.74 Å². The minimum Gasteiger partial charge on any atom is -0.492 e. The summed E-state index contributed by atoms with van der Waals surface area (Å²) in [6.45, 7) is 2.80. The van der Waals surface area contributed by atoms with E-state index in [9.17, 15) is 4.79 Å². The molecule has 0 N–H and O–H groups in total. The van der Waals surface area contributed by atoms with Gasteiger partial charge in [-0.2, -0.15) is 0 Å². The largest absolute Gasteiger partial charge is 0.492 e. The lowest BCUT2D eigenvalue weighted by molar-refractivity contribution is 0.0820. The first kappa shape index (κ1) is 12.2. The van der Waals surface area contributed by atoms with Gasteiger partial charge in [0.05, 0.1) is 12.2 Å². The van der Waals surface area contributed by atoms with Gasteiger partial charge in [-0.3, -0.25) is 4.79 Å². The highest BCUT2D eigenvalue weighted by molar-refractivity contribution is 9.10. The molecule has 0 bridgehead atoms. The maximum absolute atomic E-state index is 12.8. The van der Waals surface area contributed by atoms with E-state index in [2.05, 4.69) is 28.9 Å². The van der Waals surface area contributed by atoms with E-state index in [4.69, 9.17) is 4.74 Å². The molecule has 1 aromatic carbocycles. The lowest BCUT2D eigenvalue weighted by Crippen LogP contribution is -2.24. The number of rotatable bonds is 2. The van der Waals surface area contributed by atoms with Gasteiger partial charge in [0, 0.05) is 16.3 Å². The fourth-order valence-electron chi connectivity index (χ4n) is 3.15. The highest BCUT2D eigenvalue weighted by Crippen LogP contribution is 2.43. The van der Waals surface area contributed by atoms with E-state index in [1.807, 2.05) is 6.07 Å². The van der Waals surface area contributed by atoms with E-state index < -0.39 is 0 Å². The van der Waals surface area contributed by atoms with Gasteiger partial charge in [-0.1, -0.05) is 35.7 Å². The highest BCUT2D eigenvalue weighted by Gasteiger charge is 2.38. The molecule has 3 rings (SSSR count). The second kappa shape index (κ2) is 4.37. The van der Waals surface area contributed by atoms with E-state index in [0.717, 1.165) is 40.6 Å².